The van der Waals surface area contributed by atoms with Crippen LogP contribution < -0.4 is 10.1 Å². The zero-order valence-electron chi connectivity index (χ0n) is 7.87. The Hall–Kier alpha value is -0.610. The highest BCUT2D eigenvalue weighted by Gasteiger charge is 2.14. The minimum atomic E-state index is 0.496. The molecule has 0 amide bonds. The van der Waals surface area contributed by atoms with E-state index in [2.05, 4.69) is 26.2 Å². The van der Waals surface area contributed by atoms with Gasteiger partial charge >= 0.3 is 0 Å². The van der Waals surface area contributed by atoms with E-state index in [1.54, 1.807) is 0 Å². The van der Waals surface area contributed by atoms with Gasteiger partial charge in [-0.15, -0.1) is 0 Å². The fourth-order valence-corrected chi connectivity index (χ4v) is 1.88. The average molecular weight is 257 g/mol. The number of halogens is 1. The second-order valence-electron chi connectivity index (χ2n) is 3.40. The number of pyridine rings is 1. The largest absolute Gasteiger partial charge is 0.476 e. The predicted octanol–water partition coefficient (Wildman–Crippen LogP) is 1.97. The summed E-state index contributed by atoms with van der Waals surface area (Å²) in [5.74, 6) is 0.688. The van der Waals surface area contributed by atoms with Gasteiger partial charge in [-0.05, 0) is 41.4 Å². The summed E-state index contributed by atoms with van der Waals surface area (Å²) in [6, 6.07) is 6.19. The van der Waals surface area contributed by atoms with Gasteiger partial charge < -0.3 is 10.1 Å². The molecule has 76 valence electrons. The summed E-state index contributed by atoms with van der Waals surface area (Å²) in [4.78, 5) is 4.20. The van der Waals surface area contributed by atoms with Crippen molar-refractivity contribution in [2.75, 3.05) is 13.2 Å². The summed E-state index contributed by atoms with van der Waals surface area (Å²) < 4.78 is 6.38. The van der Waals surface area contributed by atoms with Crippen LogP contribution in [-0.4, -0.2) is 24.2 Å². The second kappa shape index (κ2) is 4.75. The molecule has 1 aliphatic heterocycles. The molecule has 0 aliphatic carbocycles. The summed E-state index contributed by atoms with van der Waals surface area (Å²) >= 11 is 3.31. The average Bonchev–Trinajstić information content (AvgIpc) is 2.67. The van der Waals surface area contributed by atoms with Gasteiger partial charge in [0.25, 0.3) is 0 Å². The van der Waals surface area contributed by atoms with Gasteiger partial charge in [0.05, 0.1) is 0 Å². The van der Waals surface area contributed by atoms with Gasteiger partial charge in [0, 0.05) is 12.1 Å². The van der Waals surface area contributed by atoms with Crippen molar-refractivity contribution < 1.29 is 4.74 Å². The Kier molecular flexibility index (Phi) is 3.37. The fraction of sp³-hybridized carbons (Fsp3) is 0.500. The number of ether oxygens (including phenoxy) is 1. The lowest BCUT2D eigenvalue weighted by molar-refractivity contribution is 0.267. The lowest BCUT2D eigenvalue weighted by Gasteiger charge is -2.11. The van der Waals surface area contributed by atoms with Crippen molar-refractivity contribution in [2.45, 2.75) is 18.9 Å². The second-order valence-corrected chi connectivity index (χ2v) is 4.22. The van der Waals surface area contributed by atoms with E-state index in [0.29, 0.717) is 18.5 Å². The monoisotopic (exact) mass is 256 g/mol. The molecule has 0 aromatic carbocycles. The molecule has 1 aromatic heterocycles. The van der Waals surface area contributed by atoms with Crippen molar-refractivity contribution in [3.63, 3.8) is 0 Å². The number of hydrogen-bond donors (Lipinski definition) is 1. The summed E-state index contributed by atoms with van der Waals surface area (Å²) in [5.41, 5.74) is 0. The van der Waals surface area contributed by atoms with Crippen molar-refractivity contribution in [3.05, 3.63) is 22.8 Å². The summed E-state index contributed by atoms with van der Waals surface area (Å²) in [5, 5.41) is 3.38. The molecule has 0 saturated carbocycles. The lowest BCUT2D eigenvalue weighted by Crippen LogP contribution is -2.28. The SMILES string of the molecule is Brc1cccc(OC[C@H]2CCCN2)n1. The van der Waals surface area contributed by atoms with Crippen LogP contribution in [0.4, 0.5) is 0 Å². The Labute approximate surface area is 92.0 Å². The van der Waals surface area contributed by atoms with Crippen LogP contribution in [0, 0.1) is 0 Å². The maximum Gasteiger partial charge on any atom is 0.214 e. The minimum Gasteiger partial charge on any atom is -0.476 e. The molecular weight excluding hydrogens is 244 g/mol. The number of nitrogens with zero attached hydrogens (tertiary/aromatic N) is 1. The maximum absolute atomic E-state index is 5.57. The van der Waals surface area contributed by atoms with Gasteiger partial charge in [-0.3, -0.25) is 0 Å². The Morgan fingerprint density at radius 3 is 3.21 bits per heavy atom. The lowest BCUT2D eigenvalue weighted by atomic mass is 10.2. The topological polar surface area (TPSA) is 34.1 Å². The molecule has 1 aromatic rings. The van der Waals surface area contributed by atoms with E-state index in [9.17, 15) is 0 Å². The molecule has 14 heavy (non-hydrogen) atoms. The van der Waals surface area contributed by atoms with E-state index < -0.39 is 0 Å². The maximum atomic E-state index is 5.57. The molecule has 1 saturated heterocycles. The fourth-order valence-electron chi connectivity index (χ4n) is 1.55. The first kappa shape index (κ1) is 9.93. The van der Waals surface area contributed by atoms with Crippen LogP contribution in [0.15, 0.2) is 22.8 Å². The third-order valence-corrected chi connectivity index (χ3v) is 2.73. The van der Waals surface area contributed by atoms with Crippen molar-refractivity contribution in [3.8, 4) is 5.88 Å². The molecule has 1 atom stereocenters. The van der Waals surface area contributed by atoms with Crippen LogP contribution >= 0.6 is 15.9 Å². The molecular formula is C10H13BrN2O. The molecule has 0 bridgehead atoms. The first-order valence-electron chi connectivity index (χ1n) is 4.83. The van der Waals surface area contributed by atoms with E-state index >= 15 is 0 Å². The molecule has 4 heteroatoms. The highest BCUT2D eigenvalue weighted by atomic mass is 79.9. The zero-order valence-corrected chi connectivity index (χ0v) is 9.46. The summed E-state index contributed by atoms with van der Waals surface area (Å²) in [7, 11) is 0. The van der Waals surface area contributed by atoms with Crippen LogP contribution in [0.2, 0.25) is 0 Å². The van der Waals surface area contributed by atoms with Crippen molar-refractivity contribution in [2.24, 2.45) is 0 Å². The molecule has 0 unspecified atom stereocenters. The van der Waals surface area contributed by atoms with Crippen LogP contribution in [0.1, 0.15) is 12.8 Å². The van der Waals surface area contributed by atoms with Gasteiger partial charge in [-0.25, -0.2) is 4.98 Å². The van der Waals surface area contributed by atoms with Gasteiger partial charge in [-0.2, -0.15) is 0 Å². The highest BCUT2D eigenvalue weighted by molar-refractivity contribution is 9.10. The quantitative estimate of drug-likeness (QED) is 0.841. The van der Waals surface area contributed by atoms with Crippen LogP contribution in [-0.2, 0) is 0 Å². The Bertz CT molecular complexity index is 300. The molecule has 1 aliphatic rings. The van der Waals surface area contributed by atoms with Gasteiger partial charge in [0.1, 0.15) is 11.2 Å². The van der Waals surface area contributed by atoms with Crippen LogP contribution in [0.25, 0.3) is 0 Å². The van der Waals surface area contributed by atoms with E-state index in [0.717, 1.165) is 11.1 Å². The highest BCUT2D eigenvalue weighted by Crippen LogP contribution is 2.13. The number of nitrogens with one attached hydrogen (secondary N) is 1. The van der Waals surface area contributed by atoms with Gasteiger partial charge in [0.2, 0.25) is 5.88 Å². The Balaban J connectivity index is 1.85. The summed E-state index contributed by atoms with van der Waals surface area (Å²) in [6.45, 7) is 1.82. The Morgan fingerprint density at radius 2 is 2.50 bits per heavy atom. The van der Waals surface area contributed by atoms with Gasteiger partial charge in [-0.1, -0.05) is 6.07 Å². The Morgan fingerprint density at radius 1 is 1.57 bits per heavy atom. The van der Waals surface area contributed by atoms with Gasteiger partial charge in [0.15, 0.2) is 0 Å². The minimum absolute atomic E-state index is 0.496. The van der Waals surface area contributed by atoms with Crippen molar-refractivity contribution >= 4 is 15.9 Å². The van der Waals surface area contributed by atoms with E-state index in [4.69, 9.17) is 4.74 Å². The van der Waals surface area contributed by atoms with E-state index in [-0.39, 0.29) is 0 Å². The normalized spacial score (nSPS) is 21.1. The molecule has 3 nitrogen and oxygen atoms in total. The number of rotatable bonds is 3. The third-order valence-electron chi connectivity index (χ3n) is 2.28. The standard InChI is InChI=1S/C10H13BrN2O/c11-9-4-1-5-10(13-9)14-7-8-3-2-6-12-8/h1,4-5,8,12H,2-3,6-7H2/t8-/m1/s1. The predicted molar refractivity (Wildman–Crippen MR) is 58.5 cm³/mol. The first-order chi connectivity index (χ1) is 6.84. The molecule has 2 rings (SSSR count). The number of hydrogen-bond acceptors (Lipinski definition) is 3. The van der Waals surface area contributed by atoms with E-state index in [1.807, 2.05) is 18.2 Å². The van der Waals surface area contributed by atoms with Crippen LogP contribution in [0.3, 0.4) is 0 Å². The van der Waals surface area contributed by atoms with Crippen LogP contribution in [0.5, 0.6) is 5.88 Å². The molecule has 2 heterocycles. The molecule has 0 spiro atoms. The molecule has 1 fully saturated rings. The first-order valence-corrected chi connectivity index (χ1v) is 5.62. The molecule has 0 radical (unpaired) electrons. The number of aromatic nitrogens is 1. The van der Waals surface area contributed by atoms with E-state index in [1.165, 1.54) is 12.8 Å². The summed E-state index contributed by atoms with van der Waals surface area (Å²) in [6.07, 6.45) is 2.45. The van der Waals surface area contributed by atoms with Crippen molar-refractivity contribution in [1.82, 2.24) is 10.3 Å². The third kappa shape index (κ3) is 2.69. The van der Waals surface area contributed by atoms with Crippen molar-refractivity contribution in [1.29, 1.82) is 0 Å². The zero-order chi connectivity index (χ0) is 9.80. The smallest absolute Gasteiger partial charge is 0.214 e. The molecule has 1 N–H and O–H groups in total.